The van der Waals surface area contributed by atoms with Crippen molar-refractivity contribution in [1.82, 2.24) is 14.3 Å². The second-order valence-corrected chi connectivity index (χ2v) is 7.96. The number of halogens is 2. The first-order chi connectivity index (χ1) is 12.5. The lowest BCUT2D eigenvalue weighted by Crippen LogP contribution is -2.34. The van der Waals surface area contributed by atoms with Crippen molar-refractivity contribution in [3.8, 4) is 0 Å². The van der Waals surface area contributed by atoms with E-state index in [1.165, 1.54) is 4.31 Å². The summed E-state index contributed by atoms with van der Waals surface area (Å²) < 4.78 is 53.0. The SMILES string of the molecule is O=S(=O)(c1ccc(F)c(F)c1)N1CC=C(c2c[nH]c3ncccc23)CC1. The number of aromatic amines is 1. The molecule has 0 atom stereocenters. The second kappa shape index (κ2) is 6.30. The standard InChI is InChI=1S/C18H15F2N3O2S/c19-16-4-3-13(10-17(16)20)26(24,25)23-8-5-12(6-9-23)15-11-22-18-14(15)2-1-7-21-18/h1-5,7,10-11H,6,8-9H2,(H,21,22). The van der Waals surface area contributed by atoms with Crippen molar-refractivity contribution in [2.45, 2.75) is 11.3 Å². The van der Waals surface area contributed by atoms with E-state index in [4.69, 9.17) is 0 Å². The minimum Gasteiger partial charge on any atom is -0.346 e. The number of rotatable bonds is 3. The molecule has 4 rings (SSSR count). The Labute approximate surface area is 149 Å². The molecule has 8 heteroatoms. The van der Waals surface area contributed by atoms with Crippen molar-refractivity contribution in [2.75, 3.05) is 13.1 Å². The van der Waals surface area contributed by atoms with E-state index >= 15 is 0 Å². The van der Waals surface area contributed by atoms with E-state index in [2.05, 4.69) is 9.97 Å². The van der Waals surface area contributed by atoms with Crippen molar-refractivity contribution in [3.05, 3.63) is 66.0 Å². The molecule has 1 aliphatic rings. The Morgan fingerprint density at radius 1 is 1.15 bits per heavy atom. The van der Waals surface area contributed by atoms with Gasteiger partial charge in [0.1, 0.15) is 5.65 Å². The molecule has 0 saturated heterocycles. The summed E-state index contributed by atoms with van der Waals surface area (Å²) in [5.74, 6) is -2.25. The quantitative estimate of drug-likeness (QED) is 0.764. The van der Waals surface area contributed by atoms with Gasteiger partial charge in [0.2, 0.25) is 10.0 Å². The first-order valence-electron chi connectivity index (χ1n) is 8.03. The highest BCUT2D eigenvalue weighted by molar-refractivity contribution is 7.89. The predicted molar refractivity (Wildman–Crippen MR) is 93.8 cm³/mol. The van der Waals surface area contributed by atoms with Gasteiger partial charge in [-0.2, -0.15) is 4.31 Å². The Balaban J connectivity index is 1.61. The van der Waals surface area contributed by atoms with Crippen LogP contribution in [-0.4, -0.2) is 35.8 Å². The summed E-state index contributed by atoms with van der Waals surface area (Å²) in [5, 5.41) is 0.982. The smallest absolute Gasteiger partial charge is 0.243 e. The summed E-state index contributed by atoms with van der Waals surface area (Å²) in [5.41, 5.74) is 2.80. The van der Waals surface area contributed by atoms with Gasteiger partial charge in [0.25, 0.3) is 0 Å². The summed E-state index contributed by atoms with van der Waals surface area (Å²) in [7, 11) is -3.87. The molecule has 2 aromatic heterocycles. The zero-order chi connectivity index (χ0) is 18.3. The zero-order valence-electron chi connectivity index (χ0n) is 13.6. The number of sulfonamides is 1. The van der Waals surface area contributed by atoms with Gasteiger partial charge in [0, 0.05) is 36.4 Å². The average molecular weight is 375 g/mol. The highest BCUT2D eigenvalue weighted by atomic mass is 32.2. The van der Waals surface area contributed by atoms with Gasteiger partial charge >= 0.3 is 0 Å². The molecule has 5 nitrogen and oxygen atoms in total. The van der Waals surface area contributed by atoms with Crippen LogP contribution < -0.4 is 0 Å². The summed E-state index contributed by atoms with van der Waals surface area (Å²) in [6, 6.07) is 6.43. The largest absolute Gasteiger partial charge is 0.346 e. The van der Waals surface area contributed by atoms with Crippen molar-refractivity contribution in [3.63, 3.8) is 0 Å². The molecule has 1 aromatic carbocycles. The van der Waals surface area contributed by atoms with Crippen molar-refractivity contribution < 1.29 is 17.2 Å². The third-order valence-electron chi connectivity index (χ3n) is 4.50. The molecule has 3 aromatic rings. The van der Waals surface area contributed by atoms with Crippen molar-refractivity contribution in [2.24, 2.45) is 0 Å². The molecule has 0 aliphatic carbocycles. The molecule has 0 unspecified atom stereocenters. The molecular formula is C18H15F2N3O2S. The van der Waals surface area contributed by atoms with E-state index in [0.717, 1.165) is 40.4 Å². The zero-order valence-corrected chi connectivity index (χ0v) is 14.4. The molecule has 0 radical (unpaired) electrons. The van der Waals surface area contributed by atoms with Gasteiger partial charge < -0.3 is 4.98 Å². The van der Waals surface area contributed by atoms with Gasteiger partial charge in [0.15, 0.2) is 11.6 Å². The topological polar surface area (TPSA) is 66.1 Å². The predicted octanol–water partition coefficient (Wildman–Crippen LogP) is 3.32. The number of hydrogen-bond donors (Lipinski definition) is 1. The number of hydrogen-bond acceptors (Lipinski definition) is 3. The van der Waals surface area contributed by atoms with Crippen LogP contribution in [0.5, 0.6) is 0 Å². The fourth-order valence-electron chi connectivity index (χ4n) is 3.12. The average Bonchev–Trinajstić information content (AvgIpc) is 3.08. The third kappa shape index (κ3) is 2.81. The number of fused-ring (bicyclic) bond motifs is 1. The van der Waals surface area contributed by atoms with Crippen molar-refractivity contribution in [1.29, 1.82) is 0 Å². The van der Waals surface area contributed by atoms with Crippen LogP contribution in [0.1, 0.15) is 12.0 Å². The fraction of sp³-hybridized carbons (Fsp3) is 0.167. The monoisotopic (exact) mass is 375 g/mol. The first kappa shape index (κ1) is 16.9. The number of nitrogens with one attached hydrogen (secondary N) is 1. The molecule has 0 saturated carbocycles. The van der Waals surface area contributed by atoms with E-state index < -0.39 is 21.7 Å². The molecule has 0 bridgehead atoms. The highest BCUT2D eigenvalue weighted by Gasteiger charge is 2.27. The first-order valence-corrected chi connectivity index (χ1v) is 9.47. The van der Waals surface area contributed by atoms with Crippen molar-refractivity contribution >= 4 is 26.6 Å². The Bertz CT molecular complexity index is 1120. The Kier molecular flexibility index (Phi) is 4.08. The van der Waals surface area contributed by atoms with Gasteiger partial charge in [0.05, 0.1) is 4.90 Å². The maximum absolute atomic E-state index is 13.4. The van der Waals surface area contributed by atoms with E-state index in [1.807, 2.05) is 24.4 Å². The molecule has 0 fully saturated rings. The third-order valence-corrected chi connectivity index (χ3v) is 6.36. The number of H-pyrrole nitrogens is 1. The molecule has 26 heavy (non-hydrogen) atoms. The van der Waals surface area contributed by atoms with Gasteiger partial charge in [-0.05, 0) is 42.3 Å². The van der Waals surface area contributed by atoms with E-state index in [1.54, 1.807) is 6.20 Å². The van der Waals surface area contributed by atoms with E-state index in [-0.39, 0.29) is 18.0 Å². The van der Waals surface area contributed by atoms with Crippen LogP contribution >= 0.6 is 0 Å². The van der Waals surface area contributed by atoms with Gasteiger partial charge in [-0.3, -0.25) is 0 Å². The van der Waals surface area contributed by atoms with Crippen LogP contribution in [0, 0.1) is 11.6 Å². The maximum atomic E-state index is 13.4. The summed E-state index contributed by atoms with van der Waals surface area (Å²) in [6.45, 7) is 0.434. The molecule has 1 N–H and O–H groups in total. The number of aromatic nitrogens is 2. The molecular weight excluding hydrogens is 360 g/mol. The van der Waals surface area contributed by atoms with Gasteiger partial charge in [-0.1, -0.05) is 6.08 Å². The minimum atomic E-state index is -3.87. The Hall–Kier alpha value is -2.58. The molecule has 3 heterocycles. The van der Waals surface area contributed by atoms with E-state index in [0.29, 0.717) is 6.42 Å². The van der Waals surface area contributed by atoms with Crippen LogP contribution in [0.2, 0.25) is 0 Å². The summed E-state index contributed by atoms with van der Waals surface area (Å²) in [4.78, 5) is 7.11. The molecule has 1 aliphatic heterocycles. The lowest BCUT2D eigenvalue weighted by Gasteiger charge is -2.25. The molecule has 0 spiro atoms. The normalized spacial score (nSPS) is 16.0. The number of nitrogens with zero attached hydrogens (tertiary/aromatic N) is 2. The maximum Gasteiger partial charge on any atom is 0.243 e. The number of pyridine rings is 1. The fourth-order valence-corrected chi connectivity index (χ4v) is 4.51. The minimum absolute atomic E-state index is 0.170. The van der Waals surface area contributed by atoms with Crippen LogP contribution in [0.25, 0.3) is 16.6 Å². The number of benzene rings is 1. The lowest BCUT2D eigenvalue weighted by atomic mass is 10.0. The second-order valence-electron chi connectivity index (χ2n) is 6.02. The van der Waals surface area contributed by atoms with Crippen LogP contribution in [0.4, 0.5) is 8.78 Å². The van der Waals surface area contributed by atoms with Gasteiger partial charge in [-0.15, -0.1) is 0 Å². The summed E-state index contributed by atoms with van der Waals surface area (Å²) in [6.07, 6.45) is 5.93. The van der Waals surface area contributed by atoms with Crippen LogP contribution in [-0.2, 0) is 10.0 Å². The lowest BCUT2D eigenvalue weighted by molar-refractivity contribution is 0.439. The molecule has 134 valence electrons. The van der Waals surface area contributed by atoms with E-state index in [9.17, 15) is 17.2 Å². The van der Waals surface area contributed by atoms with Crippen LogP contribution in [0.15, 0.2) is 53.7 Å². The summed E-state index contributed by atoms with van der Waals surface area (Å²) >= 11 is 0. The highest BCUT2D eigenvalue weighted by Crippen LogP contribution is 2.30. The Morgan fingerprint density at radius 3 is 2.73 bits per heavy atom. The molecule has 0 amide bonds. The Morgan fingerprint density at radius 2 is 2.00 bits per heavy atom. The van der Waals surface area contributed by atoms with Gasteiger partial charge in [-0.25, -0.2) is 22.2 Å². The van der Waals surface area contributed by atoms with Crippen LogP contribution in [0.3, 0.4) is 0 Å².